The van der Waals surface area contributed by atoms with Crippen LogP contribution in [0.3, 0.4) is 0 Å². The topological polar surface area (TPSA) is 0 Å². The molecule has 0 saturated heterocycles. The third kappa shape index (κ3) is 2.57. The smallest absolute Gasteiger partial charge is 0.0210 e. The number of hydrogen-bond acceptors (Lipinski definition) is 0. The van der Waals surface area contributed by atoms with Crippen LogP contribution in [0, 0.1) is 0 Å². The molecule has 0 aliphatic heterocycles. The SMILES string of the molecule is CC(C)c1ccc(Br)c(C(C)C)c1. The minimum atomic E-state index is 0.591. The first-order valence-electron chi connectivity index (χ1n) is 4.81. The van der Waals surface area contributed by atoms with Gasteiger partial charge in [0, 0.05) is 4.47 Å². The molecule has 0 aliphatic rings. The van der Waals surface area contributed by atoms with E-state index in [2.05, 4.69) is 61.8 Å². The highest BCUT2D eigenvalue weighted by molar-refractivity contribution is 9.10. The number of benzene rings is 1. The molecule has 1 aromatic carbocycles. The van der Waals surface area contributed by atoms with Crippen molar-refractivity contribution in [1.82, 2.24) is 0 Å². The highest BCUT2D eigenvalue weighted by atomic mass is 79.9. The van der Waals surface area contributed by atoms with Crippen LogP contribution in [0.15, 0.2) is 22.7 Å². The summed E-state index contributed by atoms with van der Waals surface area (Å²) in [7, 11) is 0. The molecule has 0 bridgehead atoms. The fraction of sp³-hybridized carbons (Fsp3) is 0.500. The van der Waals surface area contributed by atoms with Gasteiger partial charge in [0.15, 0.2) is 0 Å². The van der Waals surface area contributed by atoms with Gasteiger partial charge in [-0.2, -0.15) is 0 Å². The van der Waals surface area contributed by atoms with Crippen LogP contribution in [0.4, 0.5) is 0 Å². The summed E-state index contributed by atoms with van der Waals surface area (Å²) in [6.45, 7) is 8.91. The van der Waals surface area contributed by atoms with Crippen LogP contribution in [0.2, 0.25) is 0 Å². The average Bonchev–Trinajstić information content (AvgIpc) is 2.04. The lowest BCUT2D eigenvalue weighted by molar-refractivity contribution is 0.830. The van der Waals surface area contributed by atoms with Gasteiger partial charge in [0.1, 0.15) is 0 Å². The fourth-order valence-electron chi connectivity index (χ4n) is 1.36. The Morgan fingerprint density at radius 2 is 1.62 bits per heavy atom. The first kappa shape index (κ1) is 10.8. The zero-order valence-corrected chi connectivity index (χ0v) is 10.4. The zero-order chi connectivity index (χ0) is 10.0. The molecule has 13 heavy (non-hydrogen) atoms. The van der Waals surface area contributed by atoms with Crippen molar-refractivity contribution in [3.8, 4) is 0 Å². The van der Waals surface area contributed by atoms with E-state index in [0.717, 1.165) is 0 Å². The third-order valence-corrected chi connectivity index (χ3v) is 3.03. The van der Waals surface area contributed by atoms with Crippen LogP contribution >= 0.6 is 15.9 Å². The molecular formula is C12H17Br. The van der Waals surface area contributed by atoms with Crippen molar-refractivity contribution in [2.45, 2.75) is 39.5 Å². The molecule has 1 aromatic rings. The van der Waals surface area contributed by atoms with Crippen LogP contribution < -0.4 is 0 Å². The van der Waals surface area contributed by atoms with E-state index in [-0.39, 0.29) is 0 Å². The molecule has 0 aliphatic carbocycles. The molecule has 0 atom stereocenters. The van der Waals surface area contributed by atoms with E-state index < -0.39 is 0 Å². The predicted octanol–water partition coefficient (Wildman–Crippen LogP) is 4.70. The van der Waals surface area contributed by atoms with Crippen molar-refractivity contribution < 1.29 is 0 Å². The maximum absolute atomic E-state index is 3.58. The molecule has 0 heterocycles. The molecular weight excluding hydrogens is 224 g/mol. The van der Waals surface area contributed by atoms with Crippen LogP contribution in [-0.2, 0) is 0 Å². The summed E-state index contributed by atoms with van der Waals surface area (Å²) < 4.78 is 1.23. The van der Waals surface area contributed by atoms with E-state index in [4.69, 9.17) is 0 Å². The van der Waals surface area contributed by atoms with Crippen molar-refractivity contribution in [2.75, 3.05) is 0 Å². The monoisotopic (exact) mass is 240 g/mol. The molecule has 1 rings (SSSR count). The standard InChI is InChI=1S/C12H17Br/c1-8(2)10-5-6-12(13)11(7-10)9(3)4/h5-9H,1-4H3. The molecule has 1 heteroatoms. The first-order chi connectivity index (χ1) is 6.02. The average molecular weight is 241 g/mol. The van der Waals surface area contributed by atoms with Crippen LogP contribution in [0.1, 0.15) is 50.7 Å². The Labute approximate surface area is 89.5 Å². The van der Waals surface area contributed by atoms with Crippen molar-refractivity contribution in [2.24, 2.45) is 0 Å². The second kappa shape index (κ2) is 4.28. The minimum Gasteiger partial charge on any atom is -0.0587 e. The molecule has 0 aromatic heterocycles. The highest BCUT2D eigenvalue weighted by Crippen LogP contribution is 2.28. The Bertz CT molecular complexity index is 287. The van der Waals surface area contributed by atoms with Gasteiger partial charge in [-0.25, -0.2) is 0 Å². The maximum atomic E-state index is 3.58. The number of rotatable bonds is 2. The van der Waals surface area contributed by atoms with Gasteiger partial charge in [0.25, 0.3) is 0 Å². The number of halogens is 1. The van der Waals surface area contributed by atoms with E-state index in [9.17, 15) is 0 Å². The summed E-state index contributed by atoms with van der Waals surface area (Å²) in [5, 5.41) is 0. The minimum absolute atomic E-state index is 0.591. The summed E-state index contributed by atoms with van der Waals surface area (Å²) in [5.74, 6) is 1.21. The molecule has 0 radical (unpaired) electrons. The molecule has 0 fully saturated rings. The number of hydrogen-bond donors (Lipinski definition) is 0. The van der Waals surface area contributed by atoms with E-state index in [0.29, 0.717) is 11.8 Å². The maximum Gasteiger partial charge on any atom is 0.0210 e. The lowest BCUT2D eigenvalue weighted by Crippen LogP contribution is -1.93. The molecule has 72 valence electrons. The van der Waals surface area contributed by atoms with Gasteiger partial charge in [-0.1, -0.05) is 55.8 Å². The Kier molecular flexibility index (Phi) is 3.55. The molecule has 0 N–H and O–H groups in total. The van der Waals surface area contributed by atoms with Crippen LogP contribution in [0.25, 0.3) is 0 Å². The van der Waals surface area contributed by atoms with Crippen molar-refractivity contribution in [3.05, 3.63) is 33.8 Å². The van der Waals surface area contributed by atoms with Gasteiger partial charge in [-0.3, -0.25) is 0 Å². The zero-order valence-electron chi connectivity index (χ0n) is 8.76. The second-order valence-corrected chi connectivity index (χ2v) is 4.94. The van der Waals surface area contributed by atoms with E-state index in [1.807, 2.05) is 0 Å². The Morgan fingerprint density at radius 1 is 1.00 bits per heavy atom. The Morgan fingerprint density at radius 3 is 2.08 bits per heavy atom. The van der Waals surface area contributed by atoms with Gasteiger partial charge < -0.3 is 0 Å². The van der Waals surface area contributed by atoms with Crippen molar-refractivity contribution >= 4 is 15.9 Å². The summed E-state index contributed by atoms with van der Waals surface area (Å²) in [5.41, 5.74) is 2.83. The molecule has 0 spiro atoms. The largest absolute Gasteiger partial charge is 0.0587 e. The van der Waals surface area contributed by atoms with Gasteiger partial charge in [0.2, 0.25) is 0 Å². The summed E-state index contributed by atoms with van der Waals surface area (Å²) in [4.78, 5) is 0. The van der Waals surface area contributed by atoms with Gasteiger partial charge in [-0.05, 0) is 29.0 Å². The van der Waals surface area contributed by atoms with Crippen molar-refractivity contribution in [3.63, 3.8) is 0 Å². The lowest BCUT2D eigenvalue weighted by Gasteiger charge is -2.12. The first-order valence-corrected chi connectivity index (χ1v) is 5.61. The summed E-state index contributed by atoms with van der Waals surface area (Å²) in [6.07, 6.45) is 0. The fourth-order valence-corrected chi connectivity index (χ4v) is 2.07. The van der Waals surface area contributed by atoms with Gasteiger partial charge in [-0.15, -0.1) is 0 Å². The quantitative estimate of drug-likeness (QED) is 0.704. The lowest BCUT2D eigenvalue weighted by atomic mass is 9.96. The predicted molar refractivity (Wildman–Crippen MR) is 62.3 cm³/mol. The normalized spacial score (nSPS) is 11.3. The summed E-state index contributed by atoms with van der Waals surface area (Å²) >= 11 is 3.58. The highest BCUT2D eigenvalue weighted by Gasteiger charge is 2.07. The molecule has 0 amide bonds. The van der Waals surface area contributed by atoms with Crippen molar-refractivity contribution in [1.29, 1.82) is 0 Å². The van der Waals surface area contributed by atoms with E-state index in [1.54, 1.807) is 0 Å². The Hall–Kier alpha value is -0.300. The van der Waals surface area contributed by atoms with E-state index in [1.165, 1.54) is 15.6 Å². The van der Waals surface area contributed by atoms with Crippen LogP contribution in [0.5, 0.6) is 0 Å². The Balaban J connectivity index is 3.11. The third-order valence-electron chi connectivity index (χ3n) is 2.31. The molecule has 0 saturated carbocycles. The summed E-state index contributed by atoms with van der Waals surface area (Å²) in [6, 6.07) is 6.66. The van der Waals surface area contributed by atoms with Gasteiger partial charge >= 0.3 is 0 Å². The van der Waals surface area contributed by atoms with E-state index >= 15 is 0 Å². The molecule has 0 nitrogen and oxygen atoms in total. The molecule has 0 unspecified atom stereocenters. The van der Waals surface area contributed by atoms with Crippen LogP contribution in [-0.4, -0.2) is 0 Å². The second-order valence-electron chi connectivity index (χ2n) is 4.09. The van der Waals surface area contributed by atoms with Gasteiger partial charge in [0.05, 0.1) is 0 Å².